The zero-order valence-electron chi connectivity index (χ0n) is 15.5. The van der Waals surface area contributed by atoms with E-state index < -0.39 is 0 Å². The van der Waals surface area contributed by atoms with Crippen LogP contribution in [0.15, 0.2) is 71.3 Å². The first-order valence-corrected chi connectivity index (χ1v) is 9.69. The molecule has 0 saturated heterocycles. The van der Waals surface area contributed by atoms with Crippen molar-refractivity contribution in [3.05, 3.63) is 94.9 Å². The molecular weight excluding hydrogens is 334 g/mol. The lowest BCUT2D eigenvalue weighted by molar-refractivity contribution is -0.109. The fourth-order valence-electron chi connectivity index (χ4n) is 4.01. The van der Waals surface area contributed by atoms with Crippen molar-refractivity contribution in [3.63, 3.8) is 0 Å². The minimum Gasteiger partial charge on any atom is -0.469 e. The molecule has 138 valence electrons. The molecule has 0 fully saturated rings. The standard InChI is InChI=1S/C24H25NO2/c26-15-12-23(25-14-11-24-22(18-25)13-16-27-24)21-8-4-7-20(17-21)10-9-19-5-2-1-3-6-19/h1-8,13,15-17,23H,9-12,14,18H2. The number of rotatable bonds is 7. The van der Waals surface area contributed by atoms with Crippen molar-refractivity contribution >= 4 is 6.29 Å². The third-order valence-corrected chi connectivity index (χ3v) is 5.48. The molecule has 0 amide bonds. The van der Waals surface area contributed by atoms with Crippen LogP contribution < -0.4 is 0 Å². The van der Waals surface area contributed by atoms with Gasteiger partial charge in [-0.15, -0.1) is 0 Å². The van der Waals surface area contributed by atoms with Gasteiger partial charge in [0.1, 0.15) is 12.0 Å². The van der Waals surface area contributed by atoms with Gasteiger partial charge in [-0.2, -0.15) is 0 Å². The molecule has 1 unspecified atom stereocenters. The zero-order chi connectivity index (χ0) is 18.5. The molecule has 3 nitrogen and oxygen atoms in total. The van der Waals surface area contributed by atoms with Crippen molar-refractivity contribution in [1.29, 1.82) is 0 Å². The summed E-state index contributed by atoms with van der Waals surface area (Å²) in [7, 11) is 0. The van der Waals surface area contributed by atoms with Crippen molar-refractivity contribution in [1.82, 2.24) is 4.90 Å². The van der Waals surface area contributed by atoms with Crippen molar-refractivity contribution < 1.29 is 9.21 Å². The molecule has 1 atom stereocenters. The van der Waals surface area contributed by atoms with E-state index in [0.29, 0.717) is 6.42 Å². The summed E-state index contributed by atoms with van der Waals surface area (Å²) in [6.07, 6.45) is 6.29. The highest BCUT2D eigenvalue weighted by molar-refractivity contribution is 5.51. The highest BCUT2D eigenvalue weighted by atomic mass is 16.3. The van der Waals surface area contributed by atoms with Crippen LogP contribution in [-0.4, -0.2) is 17.7 Å². The van der Waals surface area contributed by atoms with Gasteiger partial charge in [0.05, 0.1) is 6.26 Å². The van der Waals surface area contributed by atoms with Gasteiger partial charge < -0.3 is 9.21 Å². The monoisotopic (exact) mass is 359 g/mol. The van der Waals surface area contributed by atoms with Crippen LogP contribution in [0.1, 0.15) is 40.5 Å². The van der Waals surface area contributed by atoms with E-state index in [1.165, 1.54) is 22.3 Å². The summed E-state index contributed by atoms with van der Waals surface area (Å²) in [5.74, 6) is 1.09. The molecule has 27 heavy (non-hydrogen) atoms. The highest BCUT2D eigenvalue weighted by Crippen LogP contribution is 2.30. The lowest BCUT2D eigenvalue weighted by Crippen LogP contribution is -2.34. The van der Waals surface area contributed by atoms with Crippen molar-refractivity contribution in [2.24, 2.45) is 0 Å². The largest absolute Gasteiger partial charge is 0.469 e. The van der Waals surface area contributed by atoms with Crippen molar-refractivity contribution in [2.75, 3.05) is 6.54 Å². The van der Waals surface area contributed by atoms with Crippen LogP contribution in [0.3, 0.4) is 0 Å². The highest BCUT2D eigenvalue weighted by Gasteiger charge is 2.26. The lowest BCUT2D eigenvalue weighted by Gasteiger charge is -2.33. The van der Waals surface area contributed by atoms with Gasteiger partial charge in [-0.05, 0) is 35.6 Å². The van der Waals surface area contributed by atoms with E-state index in [9.17, 15) is 4.79 Å². The van der Waals surface area contributed by atoms with E-state index in [-0.39, 0.29) is 6.04 Å². The number of hydrogen-bond donors (Lipinski definition) is 0. The van der Waals surface area contributed by atoms with Crippen LogP contribution >= 0.6 is 0 Å². The van der Waals surface area contributed by atoms with Crippen molar-refractivity contribution in [2.45, 2.75) is 38.3 Å². The van der Waals surface area contributed by atoms with Gasteiger partial charge in [0, 0.05) is 37.5 Å². The van der Waals surface area contributed by atoms with Gasteiger partial charge in [-0.3, -0.25) is 4.90 Å². The Morgan fingerprint density at radius 1 is 1.00 bits per heavy atom. The van der Waals surface area contributed by atoms with Crippen molar-refractivity contribution in [3.8, 4) is 0 Å². The molecule has 1 aliphatic rings. The van der Waals surface area contributed by atoms with Gasteiger partial charge in [-0.1, -0.05) is 54.6 Å². The minimum absolute atomic E-state index is 0.127. The molecule has 2 heterocycles. The third-order valence-electron chi connectivity index (χ3n) is 5.48. The number of carbonyl (C=O) groups excluding carboxylic acids is 1. The number of furan rings is 1. The molecule has 4 rings (SSSR count). The van der Waals surface area contributed by atoms with E-state index in [0.717, 1.165) is 44.4 Å². The summed E-state index contributed by atoms with van der Waals surface area (Å²) in [4.78, 5) is 13.8. The Balaban J connectivity index is 1.50. The van der Waals surface area contributed by atoms with Gasteiger partial charge >= 0.3 is 0 Å². The number of fused-ring (bicyclic) bond motifs is 1. The van der Waals surface area contributed by atoms with Crippen LogP contribution in [0.4, 0.5) is 0 Å². The van der Waals surface area contributed by atoms with E-state index in [2.05, 4.69) is 65.6 Å². The second kappa shape index (κ2) is 8.36. The molecule has 0 aliphatic carbocycles. The molecule has 0 bridgehead atoms. The Labute approximate surface area is 160 Å². The molecule has 0 saturated carbocycles. The summed E-state index contributed by atoms with van der Waals surface area (Å²) in [6.45, 7) is 1.77. The van der Waals surface area contributed by atoms with Gasteiger partial charge in [0.25, 0.3) is 0 Å². The van der Waals surface area contributed by atoms with Crippen LogP contribution in [0.25, 0.3) is 0 Å². The Hall–Kier alpha value is -2.65. The second-order valence-electron chi connectivity index (χ2n) is 7.24. The fourth-order valence-corrected chi connectivity index (χ4v) is 4.01. The minimum atomic E-state index is 0.127. The number of carbonyl (C=O) groups is 1. The molecular formula is C24H25NO2. The predicted octanol–water partition coefficient (Wildman–Crippen LogP) is 4.75. The van der Waals surface area contributed by atoms with Gasteiger partial charge in [0.2, 0.25) is 0 Å². The normalized spacial score (nSPS) is 15.3. The first-order chi connectivity index (χ1) is 13.3. The molecule has 2 aromatic carbocycles. The molecule has 0 spiro atoms. The third kappa shape index (κ3) is 4.20. The Morgan fingerprint density at radius 2 is 1.81 bits per heavy atom. The number of nitrogens with zero attached hydrogens (tertiary/aromatic N) is 1. The van der Waals surface area contributed by atoms with E-state index >= 15 is 0 Å². The summed E-state index contributed by atoms with van der Waals surface area (Å²) in [5, 5.41) is 0. The van der Waals surface area contributed by atoms with E-state index in [4.69, 9.17) is 4.42 Å². The predicted molar refractivity (Wildman–Crippen MR) is 107 cm³/mol. The first kappa shape index (κ1) is 17.7. The zero-order valence-corrected chi connectivity index (χ0v) is 15.5. The average molecular weight is 359 g/mol. The van der Waals surface area contributed by atoms with Crippen LogP contribution in [-0.2, 0) is 30.6 Å². The van der Waals surface area contributed by atoms with Crippen LogP contribution in [0, 0.1) is 0 Å². The quantitative estimate of drug-likeness (QED) is 0.571. The van der Waals surface area contributed by atoms with E-state index in [1.807, 2.05) is 0 Å². The molecule has 3 aromatic rings. The van der Waals surface area contributed by atoms with E-state index in [1.54, 1.807) is 6.26 Å². The fraction of sp³-hybridized carbons (Fsp3) is 0.292. The summed E-state index contributed by atoms with van der Waals surface area (Å²) >= 11 is 0. The average Bonchev–Trinajstić information content (AvgIpc) is 3.19. The van der Waals surface area contributed by atoms with Crippen LogP contribution in [0.5, 0.6) is 0 Å². The number of aryl methyl sites for hydroxylation is 2. The summed E-state index contributed by atoms with van der Waals surface area (Å²) < 4.78 is 5.55. The SMILES string of the molecule is O=CCC(c1cccc(CCc2ccccc2)c1)N1CCc2occc2C1. The number of benzene rings is 2. The molecule has 1 aliphatic heterocycles. The first-order valence-electron chi connectivity index (χ1n) is 9.69. The molecule has 1 aromatic heterocycles. The maximum absolute atomic E-state index is 11.4. The summed E-state index contributed by atoms with van der Waals surface area (Å²) in [5.41, 5.74) is 5.17. The molecule has 0 radical (unpaired) electrons. The second-order valence-corrected chi connectivity index (χ2v) is 7.24. The van der Waals surface area contributed by atoms with Gasteiger partial charge in [-0.25, -0.2) is 0 Å². The Kier molecular flexibility index (Phi) is 5.50. The van der Waals surface area contributed by atoms with Gasteiger partial charge in [0.15, 0.2) is 0 Å². The van der Waals surface area contributed by atoms with Crippen LogP contribution in [0.2, 0.25) is 0 Å². The number of aldehydes is 1. The summed E-state index contributed by atoms with van der Waals surface area (Å²) in [6, 6.07) is 21.5. The maximum atomic E-state index is 11.4. The molecule has 3 heteroatoms. The maximum Gasteiger partial charge on any atom is 0.121 e. The number of hydrogen-bond acceptors (Lipinski definition) is 3. The Bertz CT molecular complexity index is 884. The molecule has 0 N–H and O–H groups in total. The Morgan fingerprint density at radius 3 is 2.67 bits per heavy atom. The topological polar surface area (TPSA) is 33.5 Å². The lowest BCUT2D eigenvalue weighted by atomic mass is 9.95. The smallest absolute Gasteiger partial charge is 0.121 e.